The summed E-state index contributed by atoms with van der Waals surface area (Å²) in [6, 6.07) is 16.8. The number of hydrogen-bond acceptors (Lipinski definition) is 7. The number of anilines is 1. The van der Waals surface area contributed by atoms with Gasteiger partial charge in [-0.25, -0.2) is 22.8 Å². The molecule has 2 heterocycles. The Labute approximate surface area is 187 Å². The van der Waals surface area contributed by atoms with Gasteiger partial charge in [-0.3, -0.25) is 4.72 Å². The molecule has 0 fully saturated rings. The van der Waals surface area contributed by atoms with Crippen LogP contribution in [0.5, 0.6) is 0 Å². The maximum absolute atomic E-state index is 14.4. The van der Waals surface area contributed by atoms with Crippen molar-refractivity contribution in [3.05, 3.63) is 83.3 Å². The van der Waals surface area contributed by atoms with Crippen LogP contribution in [0.2, 0.25) is 0 Å². The summed E-state index contributed by atoms with van der Waals surface area (Å²) in [6.07, 6.45) is 0.305. The van der Waals surface area contributed by atoms with Gasteiger partial charge < -0.3 is 0 Å². The number of aryl methyl sites for hydroxylation is 1. The van der Waals surface area contributed by atoms with Crippen LogP contribution in [0.25, 0.3) is 22.1 Å². The van der Waals surface area contributed by atoms with Crippen molar-refractivity contribution in [1.29, 1.82) is 0 Å². The second-order valence-electron chi connectivity index (χ2n) is 7.31. The molecule has 0 radical (unpaired) electrons. The van der Waals surface area contributed by atoms with Crippen molar-refractivity contribution >= 4 is 49.6 Å². The van der Waals surface area contributed by atoms with Gasteiger partial charge in [-0.15, -0.1) is 0 Å². The molecular formula is C22H16FN5O2S2. The minimum absolute atomic E-state index is 0.0557. The van der Waals surface area contributed by atoms with Crippen LogP contribution >= 0.6 is 11.7 Å². The van der Waals surface area contributed by atoms with E-state index in [-0.39, 0.29) is 5.82 Å². The molecule has 0 aliphatic heterocycles. The van der Waals surface area contributed by atoms with Gasteiger partial charge in [0.1, 0.15) is 21.7 Å². The van der Waals surface area contributed by atoms with Crippen molar-refractivity contribution in [2.75, 3.05) is 4.72 Å². The van der Waals surface area contributed by atoms with Crippen LogP contribution in [0.15, 0.2) is 65.6 Å². The predicted octanol–water partition coefficient (Wildman–Crippen LogP) is 4.47. The van der Waals surface area contributed by atoms with Crippen LogP contribution in [-0.4, -0.2) is 27.1 Å². The van der Waals surface area contributed by atoms with Crippen LogP contribution in [-0.2, 0) is 16.4 Å². The Bertz CT molecular complexity index is 1580. The first-order valence-corrected chi connectivity index (χ1v) is 11.9. The fraction of sp³-hybridized carbons (Fsp3) is 0.0909. The van der Waals surface area contributed by atoms with E-state index in [4.69, 9.17) is 0 Å². The van der Waals surface area contributed by atoms with Crippen LogP contribution < -0.4 is 4.72 Å². The molecule has 0 bridgehead atoms. The van der Waals surface area contributed by atoms with Gasteiger partial charge in [-0.05, 0) is 54.4 Å². The molecule has 32 heavy (non-hydrogen) atoms. The highest BCUT2D eigenvalue weighted by Crippen LogP contribution is 2.25. The fourth-order valence-electron chi connectivity index (χ4n) is 3.38. The third-order valence-corrected chi connectivity index (χ3v) is 6.87. The van der Waals surface area contributed by atoms with Crippen molar-refractivity contribution in [2.45, 2.75) is 18.2 Å². The topological polar surface area (TPSA) is 97.7 Å². The zero-order chi connectivity index (χ0) is 22.3. The maximum atomic E-state index is 14.4. The molecule has 5 aromatic rings. The second-order valence-corrected chi connectivity index (χ2v) is 9.49. The molecule has 0 atom stereocenters. The molecule has 0 unspecified atom stereocenters. The van der Waals surface area contributed by atoms with E-state index in [1.165, 1.54) is 12.1 Å². The summed E-state index contributed by atoms with van der Waals surface area (Å²) in [5.41, 5.74) is 4.61. The Kier molecular flexibility index (Phi) is 5.03. The average Bonchev–Trinajstić information content (AvgIpc) is 3.21. The highest BCUT2D eigenvalue weighted by Gasteiger charge is 2.22. The van der Waals surface area contributed by atoms with Gasteiger partial charge in [0.05, 0.1) is 28.5 Å². The number of sulfonamides is 1. The van der Waals surface area contributed by atoms with Gasteiger partial charge in [0.15, 0.2) is 5.82 Å². The first-order chi connectivity index (χ1) is 15.4. The predicted molar refractivity (Wildman–Crippen MR) is 122 cm³/mol. The lowest BCUT2D eigenvalue weighted by Crippen LogP contribution is -2.18. The summed E-state index contributed by atoms with van der Waals surface area (Å²) in [5, 5.41) is 0. The van der Waals surface area contributed by atoms with E-state index in [0.29, 0.717) is 28.7 Å². The van der Waals surface area contributed by atoms with E-state index in [9.17, 15) is 12.8 Å². The number of hydrogen-bond donors (Lipinski definition) is 1. The number of fused-ring (bicyclic) bond motifs is 2. The molecule has 2 aromatic heterocycles. The lowest BCUT2D eigenvalue weighted by atomic mass is 10.1. The minimum Gasteiger partial charge on any atom is -0.262 e. The average molecular weight is 466 g/mol. The molecule has 7 nitrogen and oxygen atoms in total. The third kappa shape index (κ3) is 3.90. The molecular weight excluding hydrogens is 449 g/mol. The Balaban J connectivity index is 1.59. The van der Waals surface area contributed by atoms with Crippen molar-refractivity contribution in [1.82, 2.24) is 18.7 Å². The summed E-state index contributed by atoms with van der Waals surface area (Å²) in [7, 11) is -4.22. The number of benzene rings is 3. The molecule has 0 aliphatic rings. The molecule has 0 saturated heterocycles. The molecule has 10 heteroatoms. The van der Waals surface area contributed by atoms with Gasteiger partial charge in [-0.1, -0.05) is 24.3 Å². The smallest absolute Gasteiger partial charge is 0.262 e. The molecule has 0 aliphatic carbocycles. The zero-order valence-corrected chi connectivity index (χ0v) is 18.4. The number of aromatic nitrogens is 4. The normalized spacial score (nSPS) is 11.8. The standard InChI is InChI=1S/C22H16FN5O2S2/c1-13-6-9-21(15(23)10-13)32(29,30)28-22-20(24-16-4-2-3-5-17(16)25-22)12-14-7-8-18-19(11-14)27-31-26-18/h2-11H,12H2,1H3,(H,25,28). The lowest BCUT2D eigenvalue weighted by molar-refractivity contribution is 0.569. The maximum Gasteiger partial charge on any atom is 0.266 e. The monoisotopic (exact) mass is 465 g/mol. The summed E-state index contributed by atoms with van der Waals surface area (Å²) < 4.78 is 51.2. The van der Waals surface area contributed by atoms with Crippen molar-refractivity contribution < 1.29 is 12.8 Å². The first-order valence-electron chi connectivity index (χ1n) is 9.65. The third-order valence-electron chi connectivity index (χ3n) is 4.94. The quantitative estimate of drug-likeness (QED) is 0.411. The van der Waals surface area contributed by atoms with Gasteiger partial charge in [0, 0.05) is 6.42 Å². The molecule has 0 saturated carbocycles. The van der Waals surface area contributed by atoms with Gasteiger partial charge >= 0.3 is 0 Å². The molecule has 0 spiro atoms. The number of para-hydroxylation sites is 2. The molecule has 0 amide bonds. The van der Waals surface area contributed by atoms with E-state index >= 15 is 0 Å². The molecule has 1 N–H and O–H groups in total. The first kappa shape index (κ1) is 20.4. The largest absolute Gasteiger partial charge is 0.266 e. The molecule has 160 valence electrons. The highest BCUT2D eigenvalue weighted by molar-refractivity contribution is 7.92. The Hall–Kier alpha value is -3.50. The Morgan fingerprint density at radius 2 is 1.66 bits per heavy atom. The van der Waals surface area contributed by atoms with E-state index in [1.54, 1.807) is 31.2 Å². The zero-order valence-electron chi connectivity index (χ0n) is 16.8. The lowest BCUT2D eigenvalue weighted by Gasteiger charge is -2.13. The van der Waals surface area contributed by atoms with Crippen LogP contribution in [0.4, 0.5) is 10.2 Å². The van der Waals surface area contributed by atoms with E-state index in [0.717, 1.165) is 28.3 Å². The number of nitrogens with zero attached hydrogens (tertiary/aromatic N) is 4. The van der Waals surface area contributed by atoms with E-state index in [2.05, 4.69) is 23.4 Å². The highest BCUT2D eigenvalue weighted by atomic mass is 32.2. The Morgan fingerprint density at radius 3 is 2.44 bits per heavy atom. The fourth-order valence-corrected chi connectivity index (χ4v) is 4.99. The SMILES string of the molecule is Cc1ccc(S(=O)(=O)Nc2nc3ccccc3nc2Cc2ccc3nsnc3c2)c(F)c1. The minimum atomic E-state index is -4.22. The number of rotatable bonds is 5. The van der Waals surface area contributed by atoms with Crippen LogP contribution in [0.1, 0.15) is 16.8 Å². The summed E-state index contributed by atoms with van der Waals surface area (Å²) in [4.78, 5) is 8.67. The van der Waals surface area contributed by atoms with Gasteiger partial charge in [0.2, 0.25) is 0 Å². The van der Waals surface area contributed by atoms with Crippen LogP contribution in [0.3, 0.4) is 0 Å². The number of nitrogens with one attached hydrogen (secondary N) is 1. The number of halogens is 1. The van der Waals surface area contributed by atoms with Crippen molar-refractivity contribution in [3.63, 3.8) is 0 Å². The Morgan fingerprint density at radius 1 is 0.906 bits per heavy atom. The molecule has 5 rings (SSSR count). The van der Waals surface area contributed by atoms with Crippen molar-refractivity contribution in [3.8, 4) is 0 Å². The summed E-state index contributed by atoms with van der Waals surface area (Å²) >= 11 is 1.13. The van der Waals surface area contributed by atoms with Crippen LogP contribution in [0, 0.1) is 12.7 Å². The van der Waals surface area contributed by atoms with E-state index < -0.39 is 20.7 Å². The molecule has 3 aromatic carbocycles. The van der Waals surface area contributed by atoms with Gasteiger partial charge in [-0.2, -0.15) is 8.75 Å². The van der Waals surface area contributed by atoms with Crippen molar-refractivity contribution in [2.24, 2.45) is 0 Å². The second kappa shape index (κ2) is 7.88. The summed E-state index contributed by atoms with van der Waals surface area (Å²) in [5.74, 6) is -0.769. The van der Waals surface area contributed by atoms with Gasteiger partial charge in [0.25, 0.3) is 10.0 Å². The van der Waals surface area contributed by atoms with E-state index in [1.807, 2.05) is 24.3 Å². The summed E-state index contributed by atoms with van der Waals surface area (Å²) in [6.45, 7) is 1.69.